The number of amides is 2. The molecule has 6 heteroatoms. The molecule has 1 heterocycles. The second-order valence-electron chi connectivity index (χ2n) is 5.33. The Kier molecular flexibility index (Phi) is 4.60. The molecule has 116 valence electrons. The number of hydrogen-bond donors (Lipinski definition) is 1. The maximum absolute atomic E-state index is 12.3. The first-order valence-electron chi connectivity index (χ1n) is 6.92. The number of nitrogens with one attached hydrogen (secondary N) is 1. The molecule has 1 N–H and O–H groups in total. The number of carbonyl (C=O) groups is 2. The fraction of sp³-hybridized carbons (Fsp3) is 0.312. The summed E-state index contributed by atoms with van der Waals surface area (Å²) in [5.74, 6) is 0.423. The summed E-state index contributed by atoms with van der Waals surface area (Å²) in [5.41, 5.74) is 2.73. The van der Waals surface area contributed by atoms with Crippen LogP contribution in [-0.4, -0.2) is 35.5 Å². The van der Waals surface area contributed by atoms with Gasteiger partial charge in [-0.1, -0.05) is 11.2 Å². The molecule has 0 aliphatic rings. The van der Waals surface area contributed by atoms with E-state index in [-0.39, 0.29) is 18.4 Å². The molecule has 0 aliphatic heterocycles. The van der Waals surface area contributed by atoms with Crippen LogP contribution in [0.15, 0.2) is 28.8 Å². The van der Waals surface area contributed by atoms with Gasteiger partial charge in [-0.05, 0) is 44.0 Å². The van der Waals surface area contributed by atoms with Gasteiger partial charge in [0, 0.05) is 18.7 Å². The van der Waals surface area contributed by atoms with Crippen LogP contribution in [-0.2, 0) is 4.79 Å². The van der Waals surface area contributed by atoms with Crippen LogP contribution in [0.5, 0.6) is 0 Å². The number of carbonyl (C=O) groups excluding carboxylic acids is 2. The summed E-state index contributed by atoms with van der Waals surface area (Å²) in [7, 11) is 1.59. The minimum atomic E-state index is -0.326. The minimum Gasteiger partial charge on any atom is -0.360 e. The van der Waals surface area contributed by atoms with Gasteiger partial charge in [0.25, 0.3) is 5.91 Å². The number of benzene rings is 1. The first-order valence-corrected chi connectivity index (χ1v) is 6.92. The van der Waals surface area contributed by atoms with E-state index >= 15 is 0 Å². The standard InChI is InChI=1S/C16H19N3O3/c1-10-5-6-13(7-11(10)2)16(21)19(4)9-15(20)17-14-8-12(3)22-18-14/h5-8H,9H2,1-4H3,(H,17,18,20). The number of likely N-dealkylation sites (N-methyl/N-ethyl adjacent to an activating group) is 1. The van der Waals surface area contributed by atoms with Crippen molar-refractivity contribution in [2.45, 2.75) is 20.8 Å². The van der Waals surface area contributed by atoms with Crippen molar-refractivity contribution < 1.29 is 14.1 Å². The monoisotopic (exact) mass is 301 g/mol. The van der Waals surface area contributed by atoms with E-state index in [1.807, 2.05) is 26.0 Å². The number of hydrogen-bond acceptors (Lipinski definition) is 4. The highest BCUT2D eigenvalue weighted by Gasteiger charge is 2.16. The third kappa shape index (κ3) is 3.72. The van der Waals surface area contributed by atoms with Gasteiger partial charge in [0.15, 0.2) is 5.82 Å². The van der Waals surface area contributed by atoms with Gasteiger partial charge in [-0.2, -0.15) is 0 Å². The molecule has 0 bridgehead atoms. The largest absolute Gasteiger partial charge is 0.360 e. The summed E-state index contributed by atoms with van der Waals surface area (Å²) in [5, 5.41) is 6.26. The van der Waals surface area contributed by atoms with Crippen LogP contribution in [0.1, 0.15) is 27.2 Å². The molecule has 2 amide bonds. The number of nitrogens with zero attached hydrogens (tertiary/aromatic N) is 2. The van der Waals surface area contributed by atoms with Crippen LogP contribution in [0.25, 0.3) is 0 Å². The predicted molar refractivity (Wildman–Crippen MR) is 82.7 cm³/mol. The SMILES string of the molecule is Cc1cc(NC(=O)CN(C)C(=O)c2ccc(C)c(C)c2)no1. The van der Waals surface area contributed by atoms with Gasteiger partial charge in [0.05, 0.1) is 6.54 Å². The van der Waals surface area contributed by atoms with Crippen molar-refractivity contribution in [2.24, 2.45) is 0 Å². The highest BCUT2D eigenvalue weighted by Crippen LogP contribution is 2.12. The van der Waals surface area contributed by atoms with Gasteiger partial charge in [-0.15, -0.1) is 0 Å². The molecule has 1 aromatic heterocycles. The van der Waals surface area contributed by atoms with Crippen molar-refractivity contribution in [3.63, 3.8) is 0 Å². The molecular formula is C16H19N3O3. The first kappa shape index (κ1) is 15.8. The second kappa shape index (κ2) is 6.43. The van der Waals surface area contributed by atoms with Crippen molar-refractivity contribution in [3.05, 3.63) is 46.7 Å². The molecular weight excluding hydrogens is 282 g/mol. The van der Waals surface area contributed by atoms with Gasteiger partial charge < -0.3 is 14.7 Å². The molecule has 0 unspecified atom stereocenters. The van der Waals surface area contributed by atoms with Crippen LogP contribution >= 0.6 is 0 Å². The van der Waals surface area contributed by atoms with Crippen LogP contribution < -0.4 is 5.32 Å². The van der Waals surface area contributed by atoms with Gasteiger partial charge in [0.1, 0.15) is 5.76 Å². The molecule has 0 aliphatic carbocycles. The molecule has 1 aromatic carbocycles. The second-order valence-corrected chi connectivity index (χ2v) is 5.33. The van der Waals surface area contributed by atoms with Crippen LogP contribution in [0.2, 0.25) is 0 Å². The van der Waals surface area contributed by atoms with E-state index in [2.05, 4.69) is 10.5 Å². The van der Waals surface area contributed by atoms with E-state index in [0.717, 1.165) is 11.1 Å². The van der Waals surface area contributed by atoms with E-state index in [1.54, 1.807) is 26.1 Å². The molecule has 0 saturated carbocycles. The molecule has 0 spiro atoms. The van der Waals surface area contributed by atoms with Crippen molar-refractivity contribution in [1.29, 1.82) is 0 Å². The fourth-order valence-electron chi connectivity index (χ4n) is 1.99. The topological polar surface area (TPSA) is 75.4 Å². The van der Waals surface area contributed by atoms with Crippen molar-refractivity contribution in [1.82, 2.24) is 10.1 Å². The van der Waals surface area contributed by atoms with Crippen molar-refractivity contribution >= 4 is 17.6 Å². The Morgan fingerprint density at radius 1 is 1.18 bits per heavy atom. The molecule has 2 rings (SSSR count). The fourth-order valence-corrected chi connectivity index (χ4v) is 1.99. The van der Waals surface area contributed by atoms with Gasteiger partial charge in [0.2, 0.25) is 5.91 Å². The Morgan fingerprint density at radius 3 is 2.50 bits per heavy atom. The maximum Gasteiger partial charge on any atom is 0.254 e. The lowest BCUT2D eigenvalue weighted by Crippen LogP contribution is -2.35. The van der Waals surface area contributed by atoms with Gasteiger partial charge in [-0.25, -0.2) is 0 Å². The summed E-state index contributed by atoms with van der Waals surface area (Å²) in [6.07, 6.45) is 0. The van der Waals surface area contributed by atoms with Gasteiger partial charge >= 0.3 is 0 Å². The zero-order chi connectivity index (χ0) is 16.3. The number of aryl methyl sites for hydroxylation is 3. The zero-order valence-corrected chi connectivity index (χ0v) is 13.1. The first-order chi connectivity index (χ1) is 10.4. The third-order valence-electron chi connectivity index (χ3n) is 3.38. The lowest BCUT2D eigenvalue weighted by atomic mass is 10.1. The number of rotatable bonds is 4. The quantitative estimate of drug-likeness (QED) is 0.940. The highest BCUT2D eigenvalue weighted by atomic mass is 16.5. The van der Waals surface area contributed by atoms with Gasteiger partial charge in [-0.3, -0.25) is 9.59 Å². The Bertz CT molecular complexity index is 706. The smallest absolute Gasteiger partial charge is 0.254 e. The molecule has 2 aromatic rings. The van der Waals surface area contributed by atoms with Crippen molar-refractivity contribution in [2.75, 3.05) is 18.9 Å². The molecule has 0 atom stereocenters. The number of anilines is 1. The summed E-state index contributed by atoms with van der Waals surface area (Å²) in [6, 6.07) is 7.10. The van der Waals surface area contributed by atoms with Crippen molar-refractivity contribution in [3.8, 4) is 0 Å². The molecule has 0 fully saturated rings. The Hall–Kier alpha value is -2.63. The minimum absolute atomic E-state index is 0.0579. The van der Waals surface area contributed by atoms with Crippen LogP contribution in [0, 0.1) is 20.8 Å². The predicted octanol–water partition coefficient (Wildman–Crippen LogP) is 2.31. The number of aromatic nitrogens is 1. The zero-order valence-electron chi connectivity index (χ0n) is 13.1. The molecule has 0 radical (unpaired) electrons. The third-order valence-corrected chi connectivity index (χ3v) is 3.38. The maximum atomic E-state index is 12.3. The van der Waals surface area contributed by atoms with E-state index < -0.39 is 0 Å². The summed E-state index contributed by atoms with van der Waals surface area (Å²) >= 11 is 0. The molecule has 22 heavy (non-hydrogen) atoms. The van der Waals surface area contributed by atoms with Crippen LogP contribution in [0.4, 0.5) is 5.82 Å². The average molecular weight is 301 g/mol. The van der Waals surface area contributed by atoms with E-state index in [0.29, 0.717) is 17.1 Å². The summed E-state index contributed by atoms with van der Waals surface area (Å²) in [4.78, 5) is 25.6. The Morgan fingerprint density at radius 2 is 1.91 bits per heavy atom. The average Bonchev–Trinajstić information content (AvgIpc) is 2.86. The molecule has 6 nitrogen and oxygen atoms in total. The highest BCUT2D eigenvalue weighted by molar-refractivity contribution is 5.99. The normalized spacial score (nSPS) is 10.4. The molecule has 0 saturated heterocycles. The lowest BCUT2D eigenvalue weighted by molar-refractivity contribution is -0.116. The van der Waals surface area contributed by atoms with Crippen LogP contribution in [0.3, 0.4) is 0 Å². The van der Waals surface area contributed by atoms with E-state index in [9.17, 15) is 9.59 Å². The Balaban J connectivity index is 1.98. The summed E-state index contributed by atoms with van der Waals surface area (Å²) < 4.78 is 4.87. The summed E-state index contributed by atoms with van der Waals surface area (Å²) in [6.45, 7) is 5.61. The van der Waals surface area contributed by atoms with E-state index in [1.165, 1.54) is 4.90 Å². The lowest BCUT2D eigenvalue weighted by Gasteiger charge is -2.17. The Labute approximate surface area is 129 Å². The van der Waals surface area contributed by atoms with E-state index in [4.69, 9.17) is 4.52 Å².